The van der Waals surface area contributed by atoms with Crippen molar-refractivity contribution in [3.63, 3.8) is 0 Å². The van der Waals surface area contributed by atoms with Crippen molar-refractivity contribution in [1.29, 1.82) is 0 Å². The Morgan fingerprint density at radius 2 is 1.82 bits per heavy atom. The average molecular weight is 256 g/mol. The van der Waals surface area contributed by atoms with Crippen LogP contribution in [0.4, 0.5) is 17.6 Å². The van der Waals surface area contributed by atoms with Gasteiger partial charge in [0.15, 0.2) is 0 Å². The quantitative estimate of drug-likeness (QED) is 0.596. The first-order valence-electron chi connectivity index (χ1n) is 5.58. The topological polar surface area (TPSA) is 55.1 Å². The average Bonchev–Trinajstić information content (AvgIpc) is 2.44. The van der Waals surface area contributed by atoms with Gasteiger partial charge in [-0.3, -0.25) is 4.79 Å². The van der Waals surface area contributed by atoms with Crippen LogP contribution in [0.5, 0.6) is 0 Å². The third kappa shape index (κ3) is 3.55. The third-order valence-electron chi connectivity index (χ3n) is 2.96. The summed E-state index contributed by atoms with van der Waals surface area (Å²) in [6.07, 6.45) is -0.426. The lowest BCUT2D eigenvalue weighted by atomic mass is 10.0. The zero-order valence-corrected chi connectivity index (χ0v) is 9.27. The number of carbonyl (C=O) groups excluding carboxylic acids is 1. The van der Waals surface area contributed by atoms with Crippen LogP contribution in [0.3, 0.4) is 0 Å². The van der Waals surface area contributed by atoms with Crippen molar-refractivity contribution in [3.8, 4) is 0 Å². The Morgan fingerprint density at radius 1 is 1.24 bits per heavy atom. The second kappa shape index (κ2) is 5.66. The summed E-state index contributed by atoms with van der Waals surface area (Å²) in [5.74, 6) is -6.58. The minimum Gasteiger partial charge on any atom is -0.346 e. The summed E-state index contributed by atoms with van der Waals surface area (Å²) in [7, 11) is 0. The molecule has 1 rings (SSSR count). The van der Waals surface area contributed by atoms with E-state index >= 15 is 0 Å². The van der Waals surface area contributed by atoms with E-state index in [9.17, 15) is 22.4 Å². The molecule has 2 unspecified atom stereocenters. The van der Waals surface area contributed by atoms with E-state index in [0.717, 1.165) is 19.3 Å². The second-order valence-corrected chi connectivity index (χ2v) is 4.31. The molecule has 2 atom stereocenters. The van der Waals surface area contributed by atoms with Crippen molar-refractivity contribution >= 4 is 5.91 Å². The van der Waals surface area contributed by atoms with Gasteiger partial charge in [0.2, 0.25) is 0 Å². The lowest BCUT2D eigenvalue weighted by Crippen LogP contribution is -2.54. The van der Waals surface area contributed by atoms with Crippen LogP contribution in [0.1, 0.15) is 32.1 Å². The molecule has 0 aromatic carbocycles. The summed E-state index contributed by atoms with van der Waals surface area (Å²) in [6, 6.07) is -1.09. The molecule has 0 saturated heterocycles. The molecule has 100 valence electrons. The smallest absolute Gasteiger partial charge is 0.346 e. The molecule has 7 heteroatoms. The van der Waals surface area contributed by atoms with Crippen molar-refractivity contribution in [3.05, 3.63) is 0 Å². The van der Waals surface area contributed by atoms with Crippen LogP contribution in [0.15, 0.2) is 0 Å². The summed E-state index contributed by atoms with van der Waals surface area (Å²) in [5, 5.41) is 1.94. The normalized spacial score (nSPS) is 26.7. The van der Waals surface area contributed by atoms with Crippen LogP contribution >= 0.6 is 0 Å². The number of carbonyl (C=O) groups is 1. The molecule has 3 nitrogen and oxygen atoms in total. The zero-order chi connectivity index (χ0) is 13.1. The fraction of sp³-hybridized carbons (Fsp3) is 0.900. The summed E-state index contributed by atoms with van der Waals surface area (Å²) in [5.41, 5.74) is 5.70. The van der Waals surface area contributed by atoms with Crippen LogP contribution in [0.2, 0.25) is 0 Å². The van der Waals surface area contributed by atoms with Crippen LogP contribution < -0.4 is 11.1 Å². The molecule has 1 aliphatic rings. The summed E-state index contributed by atoms with van der Waals surface area (Å²) < 4.78 is 49.3. The highest BCUT2D eigenvalue weighted by molar-refractivity contribution is 5.84. The van der Waals surface area contributed by atoms with Gasteiger partial charge < -0.3 is 11.1 Å². The number of halogens is 4. The van der Waals surface area contributed by atoms with Gasteiger partial charge in [0.1, 0.15) is 0 Å². The highest BCUT2D eigenvalue weighted by atomic mass is 19.3. The van der Waals surface area contributed by atoms with Crippen molar-refractivity contribution in [2.75, 3.05) is 0 Å². The number of nitrogens with two attached hydrogens (primary N) is 1. The van der Waals surface area contributed by atoms with E-state index in [1.54, 1.807) is 0 Å². The monoisotopic (exact) mass is 256 g/mol. The number of hydrogen-bond acceptors (Lipinski definition) is 2. The third-order valence-corrected chi connectivity index (χ3v) is 2.96. The maximum Gasteiger partial charge on any atom is 0.383 e. The first kappa shape index (κ1) is 14.2. The molecule has 1 aliphatic carbocycles. The predicted octanol–water partition coefficient (Wildman–Crippen LogP) is 1.66. The van der Waals surface area contributed by atoms with E-state index in [0.29, 0.717) is 12.8 Å². The van der Waals surface area contributed by atoms with E-state index in [2.05, 4.69) is 0 Å². The molecule has 3 N–H and O–H groups in total. The van der Waals surface area contributed by atoms with Crippen molar-refractivity contribution in [2.24, 2.45) is 5.73 Å². The Bertz CT molecular complexity index is 273. The predicted molar refractivity (Wildman–Crippen MR) is 53.9 cm³/mol. The lowest BCUT2D eigenvalue weighted by molar-refractivity contribution is -0.170. The number of nitrogens with one attached hydrogen (secondary N) is 1. The summed E-state index contributed by atoms with van der Waals surface area (Å²) >= 11 is 0. The van der Waals surface area contributed by atoms with Crippen LogP contribution in [0, 0.1) is 0 Å². The number of alkyl halides is 4. The molecular weight excluding hydrogens is 240 g/mol. The summed E-state index contributed by atoms with van der Waals surface area (Å²) in [4.78, 5) is 11.0. The molecule has 1 saturated carbocycles. The number of amides is 1. The SMILES string of the molecule is NC1CCCCCC1NC(=O)C(F)(F)C(F)F. The van der Waals surface area contributed by atoms with E-state index in [4.69, 9.17) is 5.73 Å². The highest BCUT2D eigenvalue weighted by Crippen LogP contribution is 2.24. The Balaban J connectivity index is 2.60. The fourth-order valence-corrected chi connectivity index (χ4v) is 1.88. The van der Waals surface area contributed by atoms with Gasteiger partial charge in [0, 0.05) is 12.1 Å². The van der Waals surface area contributed by atoms with Gasteiger partial charge in [-0.2, -0.15) is 8.78 Å². The van der Waals surface area contributed by atoms with Gasteiger partial charge in [-0.25, -0.2) is 8.78 Å². The van der Waals surface area contributed by atoms with E-state index < -0.39 is 30.3 Å². The van der Waals surface area contributed by atoms with Gasteiger partial charge in [-0.1, -0.05) is 19.3 Å². The zero-order valence-electron chi connectivity index (χ0n) is 9.27. The lowest BCUT2D eigenvalue weighted by Gasteiger charge is -2.25. The summed E-state index contributed by atoms with van der Waals surface area (Å²) in [6.45, 7) is 0. The first-order valence-corrected chi connectivity index (χ1v) is 5.58. The van der Waals surface area contributed by atoms with Gasteiger partial charge >= 0.3 is 12.3 Å². The number of rotatable bonds is 3. The van der Waals surface area contributed by atoms with E-state index in [-0.39, 0.29) is 0 Å². The first-order chi connectivity index (χ1) is 7.85. The van der Waals surface area contributed by atoms with Gasteiger partial charge in [-0.05, 0) is 12.8 Å². The van der Waals surface area contributed by atoms with Crippen molar-refractivity contribution in [1.82, 2.24) is 5.32 Å². The Labute approximate surface area is 96.7 Å². The Morgan fingerprint density at radius 3 is 2.41 bits per heavy atom. The van der Waals surface area contributed by atoms with Gasteiger partial charge in [-0.15, -0.1) is 0 Å². The van der Waals surface area contributed by atoms with Gasteiger partial charge in [0.25, 0.3) is 5.91 Å². The van der Waals surface area contributed by atoms with Gasteiger partial charge in [0.05, 0.1) is 0 Å². The van der Waals surface area contributed by atoms with E-state index in [1.165, 1.54) is 0 Å². The molecule has 0 bridgehead atoms. The standard InChI is InChI=1S/C10H16F4N2O/c11-8(12)10(13,14)9(17)16-7-5-3-1-2-4-6(7)15/h6-8H,1-5,15H2,(H,16,17). The Hall–Kier alpha value is -0.850. The van der Waals surface area contributed by atoms with Crippen LogP contribution in [-0.4, -0.2) is 30.3 Å². The van der Waals surface area contributed by atoms with Crippen LogP contribution in [-0.2, 0) is 4.79 Å². The molecule has 0 aromatic rings. The molecule has 0 aromatic heterocycles. The number of hydrogen-bond donors (Lipinski definition) is 2. The molecule has 0 heterocycles. The molecule has 0 aliphatic heterocycles. The molecule has 0 spiro atoms. The minimum atomic E-state index is -4.65. The minimum absolute atomic E-state index is 0.449. The van der Waals surface area contributed by atoms with Crippen LogP contribution in [0.25, 0.3) is 0 Å². The maximum atomic E-state index is 12.7. The fourth-order valence-electron chi connectivity index (χ4n) is 1.88. The van der Waals surface area contributed by atoms with Crippen molar-refractivity contribution < 1.29 is 22.4 Å². The Kier molecular flexibility index (Phi) is 4.73. The largest absolute Gasteiger partial charge is 0.383 e. The molecular formula is C10H16F4N2O. The molecule has 1 fully saturated rings. The highest BCUT2D eigenvalue weighted by Gasteiger charge is 2.49. The molecule has 17 heavy (non-hydrogen) atoms. The second-order valence-electron chi connectivity index (χ2n) is 4.31. The molecule has 0 radical (unpaired) electrons. The van der Waals surface area contributed by atoms with E-state index in [1.807, 2.05) is 5.32 Å². The van der Waals surface area contributed by atoms with Crippen molar-refractivity contribution in [2.45, 2.75) is 56.5 Å². The maximum absolute atomic E-state index is 12.7. The molecule has 1 amide bonds.